The fourth-order valence-electron chi connectivity index (χ4n) is 1.31. The van der Waals surface area contributed by atoms with E-state index < -0.39 is 0 Å². The molecule has 0 spiro atoms. The van der Waals surface area contributed by atoms with Crippen LogP contribution < -0.4 is 0 Å². The van der Waals surface area contributed by atoms with Gasteiger partial charge in [0, 0.05) is 0 Å². The van der Waals surface area contributed by atoms with Gasteiger partial charge in [-0.15, -0.1) is 0 Å². The van der Waals surface area contributed by atoms with Crippen LogP contribution in [0.25, 0.3) is 0 Å². The zero-order valence-corrected chi connectivity index (χ0v) is 5.28. The molecular weight excluding hydrogens is 84.1 g/mol. The van der Waals surface area contributed by atoms with E-state index in [1.54, 1.807) is 0 Å². The SMILES string of the molecule is CC[C@@H]1C[C@H]1CC. The summed E-state index contributed by atoms with van der Waals surface area (Å²) in [6, 6.07) is 0. The molecule has 0 radical (unpaired) electrons. The average Bonchev–Trinajstić information content (AvgIpc) is 2.43. The maximum atomic E-state index is 2.29. The third kappa shape index (κ3) is 0.960. The fourth-order valence-corrected chi connectivity index (χ4v) is 1.31. The van der Waals surface area contributed by atoms with Crippen molar-refractivity contribution in [2.75, 3.05) is 0 Å². The van der Waals surface area contributed by atoms with Gasteiger partial charge >= 0.3 is 0 Å². The predicted molar refractivity (Wildman–Crippen MR) is 32.2 cm³/mol. The Labute approximate surface area is 45.9 Å². The van der Waals surface area contributed by atoms with E-state index in [0.717, 1.165) is 11.8 Å². The van der Waals surface area contributed by atoms with Gasteiger partial charge in [-0.05, 0) is 18.3 Å². The van der Waals surface area contributed by atoms with Crippen LogP contribution in [0.1, 0.15) is 33.1 Å². The molecule has 0 heteroatoms. The van der Waals surface area contributed by atoms with Crippen LogP contribution >= 0.6 is 0 Å². The molecule has 1 rings (SSSR count). The maximum Gasteiger partial charge on any atom is -0.0386 e. The average molecular weight is 98.2 g/mol. The smallest absolute Gasteiger partial charge is 0.0386 e. The molecule has 1 saturated carbocycles. The van der Waals surface area contributed by atoms with Crippen LogP contribution in [0, 0.1) is 11.8 Å². The van der Waals surface area contributed by atoms with Gasteiger partial charge < -0.3 is 0 Å². The van der Waals surface area contributed by atoms with Crippen molar-refractivity contribution >= 4 is 0 Å². The highest BCUT2D eigenvalue weighted by Crippen LogP contribution is 2.42. The van der Waals surface area contributed by atoms with E-state index in [1.165, 1.54) is 19.3 Å². The van der Waals surface area contributed by atoms with E-state index in [4.69, 9.17) is 0 Å². The predicted octanol–water partition coefficient (Wildman–Crippen LogP) is 2.44. The molecule has 1 aliphatic rings. The van der Waals surface area contributed by atoms with Gasteiger partial charge in [0.05, 0.1) is 0 Å². The number of rotatable bonds is 2. The summed E-state index contributed by atoms with van der Waals surface area (Å²) < 4.78 is 0. The van der Waals surface area contributed by atoms with Gasteiger partial charge in [0.25, 0.3) is 0 Å². The number of hydrogen-bond acceptors (Lipinski definition) is 0. The van der Waals surface area contributed by atoms with Crippen LogP contribution in [-0.2, 0) is 0 Å². The molecule has 2 atom stereocenters. The molecule has 0 bridgehead atoms. The van der Waals surface area contributed by atoms with Crippen LogP contribution in [0.3, 0.4) is 0 Å². The Hall–Kier alpha value is 0. The summed E-state index contributed by atoms with van der Waals surface area (Å²) in [5, 5.41) is 0. The van der Waals surface area contributed by atoms with Crippen molar-refractivity contribution in [1.82, 2.24) is 0 Å². The van der Waals surface area contributed by atoms with Crippen molar-refractivity contribution in [2.45, 2.75) is 33.1 Å². The Morgan fingerprint density at radius 2 is 1.57 bits per heavy atom. The van der Waals surface area contributed by atoms with Crippen molar-refractivity contribution in [1.29, 1.82) is 0 Å². The van der Waals surface area contributed by atoms with E-state index in [1.807, 2.05) is 0 Å². The van der Waals surface area contributed by atoms with E-state index in [-0.39, 0.29) is 0 Å². The first-order chi connectivity index (χ1) is 3.38. The fraction of sp³-hybridized carbons (Fsp3) is 1.00. The summed E-state index contributed by atoms with van der Waals surface area (Å²) in [5.41, 5.74) is 0. The largest absolute Gasteiger partial charge is 0.0651 e. The van der Waals surface area contributed by atoms with Gasteiger partial charge in [-0.25, -0.2) is 0 Å². The summed E-state index contributed by atoms with van der Waals surface area (Å²) in [5.74, 6) is 2.23. The quantitative estimate of drug-likeness (QED) is 0.497. The van der Waals surface area contributed by atoms with Crippen molar-refractivity contribution < 1.29 is 0 Å². The Kier molecular flexibility index (Phi) is 1.36. The number of hydrogen-bond donors (Lipinski definition) is 0. The molecule has 42 valence electrons. The Morgan fingerprint density at radius 3 is 1.71 bits per heavy atom. The first-order valence-corrected chi connectivity index (χ1v) is 3.38. The Morgan fingerprint density at radius 1 is 1.14 bits per heavy atom. The summed E-state index contributed by atoms with van der Waals surface area (Å²) in [4.78, 5) is 0. The van der Waals surface area contributed by atoms with Gasteiger partial charge in [-0.3, -0.25) is 0 Å². The molecule has 0 amide bonds. The molecule has 7 heavy (non-hydrogen) atoms. The van der Waals surface area contributed by atoms with Crippen molar-refractivity contribution in [2.24, 2.45) is 11.8 Å². The lowest BCUT2D eigenvalue weighted by atomic mass is 10.2. The van der Waals surface area contributed by atoms with Crippen LogP contribution in [0.2, 0.25) is 0 Å². The van der Waals surface area contributed by atoms with Gasteiger partial charge in [0.15, 0.2) is 0 Å². The first-order valence-electron chi connectivity index (χ1n) is 3.38. The van der Waals surface area contributed by atoms with Crippen LogP contribution in [0.15, 0.2) is 0 Å². The molecule has 0 aliphatic heterocycles. The van der Waals surface area contributed by atoms with E-state index in [0.29, 0.717) is 0 Å². The minimum absolute atomic E-state index is 1.12. The van der Waals surface area contributed by atoms with Crippen LogP contribution in [0.4, 0.5) is 0 Å². The second kappa shape index (κ2) is 1.85. The highest BCUT2D eigenvalue weighted by atomic mass is 14.4. The maximum absolute atomic E-state index is 2.29. The monoisotopic (exact) mass is 98.1 g/mol. The van der Waals surface area contributed by atoms with E-state index in [9.17, 15) is 0 Å². The topological polar surface area (TPSA) is 0 Å². The minimum Gasteiger partial charge on any atom is -0.0651 e. The van der Waals surface area contributed by atoms with Gasteiger partial charge in [0.2, 0.25) is 0 Å². The van der Waals surface area contributed by atoms with Crippen molar-refractivity contribution in [3.63, 3.8) is 0 Å². The normalized spacial score (nSPS) is 38.6. The molecule has 0 aromatic rings. The Balaban J connectivity index is 2.06. The molecule has 0 heterocycles. The molecule has 0 aromatic heterocycles. The molecular formula is C7H14. The van der Waals surface area contributed by atoms with E-state index in [2.05, 4.69) is 13.8 Å². The van der Waals surface area contributed by atoms with Crippen molar-refractivity contribution in [3.8, 4) is 0 Å². The molecule has 0 nitrogen and oxygen atoms in total. The molecule has 0 unspecified atom stereocenters. The second-order valence-corrected chi connectivity index (χ2v) is 2.57. The van der Waals surface area contributed by atoms with Crippen molar-refractivity contribution in [3.05, 3.63) is 0 Å². The molecule has 1 aliphatic carbocycles. The lowest BCUT2D eigenvalue weighted by Crippen LogP contribution is -1.74. The standard InChI is InChI=1S/C7H14/c1-3-6-5-7(6)4-2/h6-7H,3-5H2,1-2H3/t6-,7-/m1/s1. The lowest BCUT2D eigenvalue weighted by molar-refractivity contribution is 0.663. The lowest BCUT2D eigenvalue weighted by Gasteiger charge is -1.85. The Bertz CT molecular complexity index is 49.1. The molecule has 0 N–H and O–H groups in total. The molecule has 0 saturated heterocycles. The first kappa shape index (κ1) is 5.14. The molecule has 0 aromatic carbocycles. The zero-order valence-electron chi connectivity index (χ0n) is 5.28. The highest BCUT2D eigenvalue weighted by molar-refractivity contribution is 4.83. The summed E-state index contributed by atoms with van der Waals surface area (Å²) in [6.07, 6.45) is 4.35. The zero-order chi connectivity index (χ0) is 5.28. The third-order valence-electron chi connectivity index (χ3n) is 2.12. The second-order valence-electron chi connectivity index (χ2n) is 2.57. The third-order valence-corrected chi connectivity index (χ3v) is 2.12. The van der Waals surface area contributed by atoms with Gasteiger partial charge in [0.1, 0.15) is 0 Å². The minimum atomic E-state index is 1.12. The summed E-state index contributed by atoms with van der Waals surface area (Å²) in [7, 11) is 0. The van der Waals surface area contributed by atoms with Gasteiger partial charge in [-0.1, -0.05) is 26.7 Å². The van der Waals surface area contributed by atoms with Gasteiger partial charge in [-0.2, -0.15) is 0 Å². The van der Waals surface area contributed by atoms with E-state index >= 15 is 0 Å². The van der Waals surface area contributed by atoms with Crippen LogP contribution in [0.5, 0.6) is 0 Å². The summed E-state index contributed by atoms with van der Waals surface area (Å²) in [6.45, 7) is 4.58. The highest BCUT2D eigenvalue weighted by Gasteiger charge is 2.32. The van der Waals surface area contributed by atoms with Crippen LogP contribution in [-0.4, -0.2) is 0 Å². The summed E-state index contributed by atoms with van der Waals surface area (Å²) >= 11 is 0. The molecule has 1 fully saturated rings.